The average molecular weight is 266 g/mol. The Balaban J connectivity index is 2.13. The Labute approximate surface area is 113 Å². The molecule has 0 bridgehead atoms. The van der Waals surface area contributed by atoms with Gasteiger partial charge in [0.2, 0.25) is 5.91 Å². The van der Waals surface area contributed by atoms with Crippen LogP contribution in [0.5, 0.6) is 0 Å². The maximum absolute atomic E-state index is 12.6. The maximum atomic E-state index is 12.6. The molecule has 1 aromatic rings. The Hall–Kier alpha value is -1.33. The van der Waals surface area contributed by atoms with E-state index in [2.05, 4.69) is 0 Å². The van der Waals surface area contributed by atoms with E-state index in [0.717, 1.165) is 11.5 Å². The molecular weight excluding hydrogens is 244 g/mol. The number of hydrogen-bond acceptors (Lipinski definition) is 4. The normalized spacial score (nSPS) is 23.0. The molecular formula is C14H22N2O3. The van der Waals surface area contributed by atoms with Gasteiger partial charge in [0.05, 0.1) is 13.2 Å². The van der Waals surface area contributed by atoms with Gasteiger partial charge in [-0.3, -0.25) is 4.79 Å². The summed E-state index contributed by atoms with van der Waals surface area (Å²) < 4.78 is 10.8. The minimum absolute atomic E-state index is 0.0611. The fourth-order valence-electron chi connectivity index (χ4n) is 2.26. The van der Waals surface area contributed by atoms with Crippen LogP contribution < -0.4 is 5.73 Å². The van der Waals surface area contributed by atoms with Crippen molar-refractivity contribution in [1.29, 1.82) is 0 Å². The fraction of sp³-hybridized carbons (Fsp3) is 0.643. The molecule has 5 nitrogen and oxygen atoms in total. The van der Waals surface area contributed by atoms with Gasteiger partial charge in [-0.15, -0.1) is 0 Å². The molecule has 2 N–H and O–H groups in total. The summed E-state index contributed by atoms with van der Waals surface area (Å²) in [4.78, 5) is 14.4. The summed E-state index contributed by atoms with van der Waals surface area (Å²) in [5, 5.41) is 0. The number of nitrogens with two attached hydrogens (primary N) is 1. The van der Waals surface area contributed by atoms with Crippen molar-refractivity contribution in [2.75, 3.05) is 13.2 Å². The lowest BCUT2D eigenvalue weighted by atomic mass is 9.97. The van der Waals surface area contributed by atoms with Crippen LogP contribution in [0.25, 0.3) is 0 Å². The van der Waals surface area contributed by atoms with Gasteiger partial charge >= 0.3 is 0 Å². The molecule has 1 aliphatic heterocycles. The largest absolute Gasteiger partial charge is 0.464 e. The number of hydrogen-bond donors (Lipinski definition) is 1. The van der Waals surface area contributed by atoms with E-state index in [0.29, 0.717) is 26.2 Å². The van der Waals surface area contributed by atoms with Crippen molar-refractivity contribution in [3.05, 3.63) is 23.7 Å². The Morgan fingerprint density at radius 1 is 1.53 bits per heavy atom. The summed E-state index contributed by atoms with van der Waals surface area (Å²) in [6.45, 7) is 7.14. The highest BCUT2D eigenvalue weighted by Crippen LogP contribution is 2.22. The first-order chi connectivity index (χ1) is 8.92. The van der Waals surface area contributed by atoms with Crippen LogP contribution >= 0.6 is 0 Å². The third kappa shape index (κ3) is 2.98. The fourth-order valence-corrected chi connectivity index (χ4v) is 2.26. The van der Waals surface area contributed by atoms with Gasteiger partial charge < -0.3 is 19.8 Å². The monoisotopic (exact) mass is 266 g/mol. The molecule has 2 heterocycles. The quantitative estimate of drug-likeness (QED) is 0.895. The van der Waals surface area contributed by atoms with E-state index >= 15 is 0 Å². The van der Waals surface area contributed by atoms with E-state index in [9.17, 15) is 4.79 Å². The van der Waals surface area contributed by atoms with Gasteiger partial charge in [0.25, 0.3) is 0 Å². The van der Waals surface area contributed by atoms with Crippen molar-refractivity contribution in [3.8, 4) is 0 Å². The summed E-state index contributed by atoms with van der Waals surface area (Å²) in [6, 6.07) is 3.86. The zero-order chi connectivity index (χ0) is 14.0. The van der Waals surface area contributed by atoms with Gasteiger partial charge in [-0.05, 0) is 39.3 Å². The predicted octanol–water partition coefficient (Wildman–Crippen LogP) is 1.44. The van der Waals surface area contributed by atoms with E-state index in [1.165, 1.54) is 0 Å². The summed E-state index contributed by atoms with van der Waals surface area (Å²) in [5.74, 6) is 1.56. The van der Waals surface area contributed by atoms with E-state index in [1.807, 2.05) is 32.9 Å². The molecule has 5 heteroatoms. The number of carbonyl (C=O) groups is 1. The summed E-state index contributed by atoms with van der Waals surface area (Å²) in [7, 11) is 0. The zero-order valence-corrected chi connectivity index (χ0v) is 11.8. The first-order valence-electron chi connectivity index (χ1n) is 6.65. The standard InChI is InChI=1S/C14H22N2O3/c1-10(2)16(8-12-5-4-11(3)19-12)13(17)14(15)6-7-18-9-14/h4-5,10H,6-9,15H2,1-3H3. The molecule has 1 aliphatic rings. The second-order valence-corrected chi connectivity index (χ2v) is 5.50. The summed E-state index contributed by atoms with van der Waals surface area (Å²) in [5.41, 5.74) is 5.27. The van der Waals surface area contributed by atoms with Crippen LogP contribution in [0.4, 0.5) is 0 Å². The lowest BCUT2D eigenvalue weighted by Crippen LogP contribution is -2.57. The number of rotatable bonds is 4. The number of aryl methyl sites for hydroxylation is 1. The van der Waals surface area contributed by atoms with Gasteiger partial charge in [-0.2, -0.15) is 0 Å². The molecule has 2 rings (SSSR count). The molecule has 1 aromatic heterocycles. The topological polar surface area (TPSA) is 68.7 Å². The first-order valence-corrected chi connectivity index (χ1v) is 6.65. The number of amides is 1. The second kappa shape index (κ2) is 5.35. The van der Waals surface area contributed by atoms with Crippen molar-refractivity contribution in [2.45, 2.75) is 45.3 Å². The van der Waals surface area contributed by atoms with Crippen LogP contribution in [0.2, 0.25) is 0 Å². The highest BCUT2D eigenvalue weighted by molar-refractivity contribution is 5.86. The van der Waals surface area contributed by atoms with Crippen molar-refractivity contribution in [2.24, 2.45) is 5.73 Å². The number of ether oxygens (including phenoxy) is 1. The molecule has 19 heavy (non-hydrogen) atoms. The Morgan fingerprint density at radius 2 is 2.26 bits per heavy atom. The van der Waals surface area contributed by atoms with Crippen LogP contribution in [0, 0.1) is 6.92 Å². The molecule has 1 unspecified atom stereocenters. The third-order valence-electron chi connectivity index (χ3n) is 3.48. The van der Waals surface area contributed by atoms with Gasteiger partial charge in [0.1, 0.15) is 17.1 Å². The first kappa shape index (κ1) is 14.1. The van der Waals surface area contributed by atoms with Gasteiger partial charge in [0.15, 0.2) is 0 Å². The molecule has 0 aromatic carbocycles. The van der Waals surface area contributed by atoms with Crippen LogP contribution in [0.3, 0.4) is 0 Å². The van der Waals surface area contributed by atoms with Gasteiger partial charge in [0, 0.05) is 12.6 Å². The minimum atomic E-state index is -0.883. The minimum Gasteiger partial charge on any atom is -0.464 e. The lowest BCUT2D eigenvalue weighted by Gasteiger charge is -2.33. The molecule has 1 atom stereocenters. The van der Waals surface area contributed by atoms with E-state index in [-0.39, 0.29) is 11.9 Å². The number of nitrogens with zero attached hydrogens (tertiary/aromatic N) is 1. The Bertz CT molecular complexity index is 447. The van der Waals surface area contributed by atoms with Crippen LogP contribution in [0.1, 0.15) is 31.8 Å². The smallest absolute Gasteiger partial charge is 0.245 e. The molecule has 0 radical (unpaired) electrons. The Morgan fingerprint density at radius 3 is 2.74 bits per heavy atom. The highest BCUT2D eigenvalue weighted by Gasteiger charge is 2.41. The van der Waals surface area contributed by atoms with E-state index < -0.39 is 5.54 Å². The maximum Gasteiger partial charge on any atom is 0.245 e. The highest BCUT2D eigenvalue weighted by atomic mass is 16.5. The second-order valence-electron chi connectivity index (χ2n) is 5.50. The SMILES string of the molecule is Cc1ccc(CN(C(=O)C2(N)CCOC2)C(C)C)o1. The average Bonchev–Trinajstić information content (AvgIpc) is 2.95. The molecule has 0 aliphatic carbocycles. The third-order valence-corrected chi connectivity index (χ3v) is 3.48. The molecule has 1 fully saturated rings. The Kier molecular flexibility index (Phi) is 3.96. The number of carbonyl (C=O) groups excluding carboxylic acids is 1. The molecule has 0 spiro atoms. The van der Waals surface area contributed by atoms with Crippen molar-refractivity contribution < 1.29 is 13.9 Å². The van der Waals surface area contributed by atoms with Crippen LogP contribution in [-0.4, -0.2) is 35.6 Å². The van der Waals surface area contributed by atoms with Crippen molar-refractivity contribution in [3.63, 3.8) is 0 Å². The molecule has 0 saturated carbocycles. The van der Waals surface area contributed by atoms with Crippen molar-refractivity contribution in [1.82, 2.24) is 4.90 Å². The van der Waals surface area contributed by atoms with Crippen LogP contribution in [-0.2, 0) is 16.1 Å². The van der Waals surface area contributed by atoms with Gasteiger partial charge in [-0.25, -0.2) is 0 Å². The molecule has 1 amide bonds. The van der Waals surface area contributed by atoms with E-state index in [4.69, 9.17) is 14.9 Å². The summed E-state index contributed by atoms with van der Waals surface area (Å²) >= 11 is 0. The number of furan rings is 1. The molecule has 1 saturated heterocycles. The van der Waals surface area contributed by atoms with E-state index in [1.54, 1.807) is 4.90 Å². The van der Waals surface area contributed by atoms with Gasteiger partial charge in [-0.1, -0.05) is 0 Å². The lowest BCUT2D eigenvalue weighted by molar-refractivity contribution is -0.139. The predicted molar refractivity (Wildman–Crippen MR) is 71.5 cm³/mol. The van der Waals surface area contributed by atoms with Crippen LogP contribution in [0.15, 0.2) is 16.5 Å². The van der Waals surface area contributed by atoms with Crippen molar-refractivity contribution >= 4 is 5.91 Å². The molecule has 106 valence electrons. The zero-order valence-electron chi connectivity index (χ0n) is 11.8. The summed E-state index contributed by atoms with van der Waals surface area (Å²) in [6.07, 6.45) is 0.576.